The quantitative estimate of drug-likeness (QED) is 0.270. The van der Waals surface area contributed by atoms with Crippen molar-refractivity contribution in [1.29, 1.82) is 0 Å². The lowest BCUT2D eigenvalue weighted by Gasteiger charge is -2.62. The average Bonchev–Trinajstić information content (AvgIpc) is 3.49. The summed E-state index contributed by atoms with van der Waals surface area (Å²) in [5.41, 5.74) is 5.27. The Morgan fingerprint density at radius 2 is 1.87 bits per heavy atom. The number of aromatic nitrogens is 1. The summed E-state index contributed by atoms with van der Waals surface area (Å²) < 4.78 is 0. The van der Waals surface area contributed by atoms with Crippen LogP contribution in [0.3, 0.4) is 0 Å². The van der Waals surface area contributed by atoms with Crippen LogP contribution in [0.25, 0.3) is 10.9 Å². The standard InChI is InChI=1S/C33H47N3O3/c1-20(8-11-30(39)36-35-19-21-18-34-28-7-5-4-6-24(21)28)25-9-10-26-31-27(13-15-33(25,26)3)32(2)14-12-23(37)16-22(32)17-29(31)38/h4-7,18-20,22-23,25-27,29,31,34,37-38H,8-17H2,1-3H3,(H,36,39)/b35-19+/t20-,22-,23+,25-,26+,27+,29-,31+,32+,33-/m1/s1. The van der Waals surface area contributed by atoms with Gasteiger partial charge in [0, 0.05) is 29.1 Å². The number of nitrogens with zero attached hydrogens (tertiary/aromatic N) is 1. The minimum atomic E-state index is -0.238. The van der Waals surface area contributed by atoms with Crippen LogP contribution in [0.5, 0.6) is 0 Å². The molecule has 0 spiro atoms. The molecule has 0 unspecified atom stereocenters. The van der Waals surface area contributed by atoms with Gasteiger partial charge in [-0.3, -0.25) is 4.79 Å². The van der Waals surface area contributed by atoms with Gasteiger partial charge >= 0.3 is 0 Å². The zero-order valence-corrected chi connectivity index (χ0v) is 23.9. The van der Waals surface area contributed by atoms with Gasteiger partial charge in [0.25, 0.3) is 0 Å². The number of hydrogen-bond donors (Lipinski definition) is 4. The maximum atomic E-state index is 12.7. The molecule has 4 fully saturated rings. The highest BCUT2D eigenvalue weighted by atomic mass is 16.3. The molecular formula is C33H47N3O3. The first kappa shape index (κ1) is 27.0. The third kappa shape index (κ3) is 4.65. The van der Waals surface area contributed by atoms with E-state index in [2.05, 4.69) is 36.3 Å². The van der Waals surface area contributed by atoms with Crippen LogP contribution in [-0.4, -0.2) is 39.5 Å². The van der Waals surface area contributed by atoms with Crippen LogP contribution in [-0.2, 0) is 4.79 Å². The van der Waals surface area contributed by atoms with Crippen LogP contribution in [0.1, 0.15) is 90.5 Å². The van der Waals surface area contributed by atoms with Crippen molar-refractivity contribution in [3.8, 4) is 0 Å². The van der Waals surface area contributed by atoms with Gasteiger partial charge in [-0.1, -0.05) is 39.0 Å². The summed E-state index contributed by atoms with van der Waals surface area (Å²) in [5, 5.41) is 27.1. The van der Waals surface area contributed by atoms with Gasteiger partial charge in [0.1, 0.15) is 0 Å². The van der Waals surface area contributed by atoms with E-state index in [-0.39, 0.29) is 28.9 Å². The topological polar surface area (TPSA) is 97.7 Å². The maximum absolute atomic E-state index is 12.7. The molecule has 4 aliphatic rings. The molecule has 0 radical (unpaired) electrons. The number of para-hydroxylation sites is 1. The maximum Gasteiger partial charge on any atom is 0.240 e. The summed E-state index contributed by atoms with van der Waals surface area (Å²) in [5.74, 6) is 3.02. The molecule has 1 aromatic heterocycles. The molecule has 0 saturated heterocycles. The predicted molar refractivity (Wildman–Crippen MR) is 155 cm³/mol. The monoisotopic (exact) mass is 533 g/mol. The zero-order valence-electron chi connectivity index (χ0n) is 23.9. The number of benzene rings is 1. The Morgan fingerprint density at radius 3 is 2.72 bits per heavy atom. The number of amides is 1. The molecule has 1 amide bonds. The molecule has 4 aliphatic carbocycles. The van der Waals surface area contributed by atoms with Gasteiger partial charge in [-0.05, 0) is 110 Å². The highest BCUT2D eigenvalue weighted by Gasteiger charge is 2.62. The van der Waals surface area contributed by atoms with Crippen molar-refractivity contribution in [3.63, 3.8) is 0 Å². The first-order chi connectivity index (χ1) is 18.7. The van der Waals surface area contributed by atoms with Crippen molar-refractivity contribution in [2.24, 2.45) is 51.4 Å². The van der Waals surface area contributed by atoms with Gasteiger partial charge in [0.2, 0.25) is 5.91 Å². The minimum Gasteiger partial charge on any atom is -0.393 e. The van der Waals surface area contributed by atoms with E-state index in [1.807, 2.05) is 30.5 Å². The average molecular weight is 534 g/mol. The van der Waals surface area contributed by atoms with Gasteiger partial charge in [-0.2, -0.15) is 5.10 Å². The van der Waals surface area contributed by atoms with Crippen molar-refractivity contribution in [3.05, 3.63) is 36.0 Å². The van der Waals surface area contributed by atoms with Crippen molar-refractivity contribution < 1.29 is 15.0 Å². The van der Waals surface area contributed by atoms with Crippen molar-refractivity contribution in [1.82, 2.24) is 10.4 Å². The molecule has 6 heteroatoms. The lowest BCUT2D eigenvalue weighted by atomic mass is 9.43. The SMILES string of the molecule is C[C@H](CCC(=O)N/N=C/c1c[nH]c2ccccc12)[C@H]1CC[C@H]2[C@@H]3[C@H](O)C[C@H]4C[C@@H](O)CC[C@]4(C)[C@H]3CC[C@]12C. The predicted octanol–water partition coefficient (Wildman–Crippen LogP) is 6.02. The molecule has 2 aromatic rings. The lowest BCUT2D eigenvalue weighted by Crippen LogP contribution is -2.58. The third-order valence-corrected chi connectivity index (χ3v) is 12.3. The molecule has 0 aliphatic heterocycles. The first-order valence-corrected chi connectivity index (χ1v) is 15.4. The van der Waals surface area contributed by atoms with E-state index in [0.29, 0.717) is 41.9 Å². The van der Waals surface area contributed by atoms with Crippen molar-refractivity contribution >= 4 is 23.0 Å². The fraction of sp³-hybridized carbons (Fsp3) is 0.697. The summed E-state index contributed by atoms with van der Waals surface area (Å²) >= 11 is 0. The van der Waals surface area contributed by atoms with Crippen LogP contribution in [0.15, 0.2) is 35.6 Å². The highest BCUT2D eigenvalue weighted by Crippen LogP contribution is 2.68. The largest absolute Gasteiger partial charge is 0.393 e. The second-order valence-corrected chi connectivity index (χ2v) is 14.1. The number of rotatable bonds is 6. The number of fused-ring (bicyclic) bond motifs is 6. The number of carbonyl (C=O) groups excluding carboxylic acids is 1. The number of aromatic amines is 1. The van der Waals surface area contributed by atoms with Gasteiger partial charge in [0.15, 0.2) is 0 Å². The molecule has 212 valence electrons. The smallest absolute Gasteiger partial charge is 0.240 e. The molecule has 6 rings (SSSR count). The lowest BCUT2D eigenvalue weighted by molar-refractivity contribution is -0.174. The van der Waals surface area contributed by atoms with Gasteiger partial charge in [-0.15, -0.1) is 0 Å². The Hall–Kier alpha value is -2.18. The number of carbonyl (C=O) groups is 1. The van der Waals surface area contributed by atoms with Crippen LogP contribution in [0.4, 0.5) is 0 Å². The molecule has 39 heavy (non-hydrogen) atoms. The summed E-state index contributed by atoms with van der Waals surface area (Å²) in [6.07, 6.45) is 13.2. The third-order valence-electron chi connectivity index (χ3n) is 12.3. The van der Waals surface area contributed by atoms with E-state index in [1.54, 1.807) is 6.21 Å². The van der Waals surface area contributed by atoms with E-state index in [4.69, 9.17) is 0 Å². The summed E-state index contributed by atoms with van der Waals surface area (Å²) in [6, 6.07) is 8.07. The number of aliphatic hydroxyl groups is 2. The molecular weight excluding hydrogens is 486 g/mol. The van der Waals surface area contributed by atoms with E-state index in [1.165, 1.54) is 25.7 Å². The summed E-state index contributed by atoms with van der Waals surface area (Å²) in [7, 11) is 0. The zero-order chi connectivity index (χ0) is 27.4. The van der Waals surface area contributed by atoms with E-state index in [0.717, 1.165) is 48.6 Å². The van der Waals surface area contributed by atoms with E-state index < -0.39 is 0 Å². The van der Waals surface area contributed by atoms with Crippen LogP contribution in [0.2, 0.25) is 0 Å². The minimum absolute atomic E-state index is 0.0255. The number of nitrogens with one attached hydrogen (secondary N) is 2. The van der Waals surface area contributed by atoms with Gasteiger partial charge in [-0.25, -0.2) is 5.43 Å². The summed E-state index contributed by atoms with van der Waals surface area (Å²) in [6.45, 7) is 7.31. The molecule has 10 atom stereocenters. The fourth-order valence-corrected chi connectivity index (χ4v) is 10.2. The molecule has 4 N–H and O–H groups in total. The Balaban J connectivity index is 1.06. The molecule has 1 heterocycles. The Bertz CT molecular complexity index is 1220. The second-order valence-electron chi connectivity index (χ2n) is 14.1. The number of aliphatic hydroxyl groups excluding tert-OH is 2. The van der Waals surface area contributed by atoms with Crippen molar-refractivity contribution in [2.45, 2.75) is 97.2 Å². The molecule has 1 aromatic carbocycles. The molecule has 0 bridgehead atoms. The normalized spacial score (nSPS) is 40.7. The highest BCUT2D eigenvalue weighted by molar-refractivity contribution is 5.99. The van der Waals surface area contributed by atoms with Crippen LogP contribution < -0.4 is 5.43 Å². The summed E-state index contributed by atoms with van der Waals surface area (Å²) in [4.78, 5) is 15.9. The van der Waals surface area contributed by atoms with Crippen LogP contribution in [0, 0.1) is 46.3 Å². The first-order valence-electron chi connectivity index (χ1n) is 15.4. The molecule has 4 saturated carbocycles. The Kier molecular flexibility index (Phi) is 7.16. The Morgan fingerprint density at radius 1 is 1.10 bits per heavy atom. The second kappa shape index (κ2) is 10.3. The van der Waals surface area contributed by atoms with E-state index in [9.17, 15) is 15.0 Å². The number of hydrazone groups is 1. The molecule has 6 nitrogen and oxygen atoms in total. The van der Waals surface area contributed by atoms with E-state index >= 15 is 0 Å². The van der Waals surface area contributed by atoms with Gasteiger partial charge < -0.3 is 15.2 Å². The van der Waals surface area contributed by atoms with Gasteiger partial charge in [0.05, 0.1) is 18.4 Å². The van der Waals surface area contributed by atoms with Crippen LogP contribution >= 0.6 is 0 Å². The number of hydrogen-bond acceptors (Lipinski definition) is 4. The number of H-pyrrole nitrogens is 1. The Labute approximate surface area is 233 Å². The fourth-order valence-electron chi connectivity index (χ4n) is 10.2. The van der Waals surface area contributed by atoms with Crippen molar-refractivity contribution in [2.75, 3.05) is 0 Å².